The molecule has 3 aromatic rings. The number of ether oxygens (including phenoxy) is 2. The smallest absolute Gasteiger partial charge is 0.195 e. The maximum Gasteiger partial charge on any atom is 0.195 e. The normalized spacial score (nSPS) is 10.7. The van der Waals surface area contributed by atoms with Crippen molar-refractivity contribution in [2.24, 2.45) is 0 Å². The fraction of sp³-hybridized carbons (Fsp3) is 0.211. The highest BCUT2D eigenvalue weighted by Crippen LogP contribution is 2.36. The first kappa shape index (κ1) is 19.4. The van der Waals surface area contributed by atoms with Gasteiger partial charge in [-0.2, -0.15) is 0 Å². The van der Waals surface area contributed by atoms with E-state index in [1.54, 1.807) is 33.4 Å². The summed E-state index contributed by atoms with van der Waals surface area (Å²) in [5.74, 6) is 0.178. The van der Waals surface area contributed by atoms with Crippen LogP contribution in [0.2, 0.25) is 0 Å². The zero-order valence-corrected chi connectivity index (χ0v) is 16.7. The molecule has 8 heteroatoms. The van der Waals surface area contributed by atoms with E-state index in [1.807, 2.05) is 21.8 Å². The molecule has 0 aliphatic rings. The molecule has 0 saturated heterocycles. The van der Waals surface area contributed by atoms with E-state index in [0.717, 1.165) is 11.6 Å². The Morgan fingerprint density at radius 2 is 1.93 bits per heavy atom. The van der Waals surface area contributed by atoms with Crippen LogP contribution in [0.4, 0.5) is 13.9 Å². The number of methoxy groups -OCH3 is 2. The van der Waals surface area contributed by atoms with Crippen molar-refractivity contribution in [3.63, 3.8) is 0 Å². The number of benzene rings is 2. The van der Waals surface area contributed by atoms with E-state index < -0.39 is 11.6 Å². The van der Waals surface area contributed by atoms with Crippen molar-refractivity contribution in [3.8, 4) is 11.5 Å². The fourth-order valence-corrected chi connectivity index (χ4v) is 4.16. The first-order chi connectivity index (χ1) is 13.0. The molecule has 0 amide bonds. The Balaban J connectivity index is 1.93. The van der Waals surface area contributed by atoms with Gasteiger partial charge >= 0.3 is 0 Å². The molecule has 0 aliphatic carbocycles. The van der Waals surface area contributed by atoms with E-state index in [0.29, 0.717) is 33.6 Å². The molecule has 0 radical (unpaired) electrons. The van der Waals surface area contributed by atoms with Gasteiger partial charge in [-0.25, -0.2) is 13.8 Å². The lowest BCUT2D eigenvalue weighted by Gasteiger charge is -2.22. The highest BCUT2D eigenvalue weighted by molar-refractivity contribution is 8.00. The van der Waals surface area contributed by atoms with Crippen molar-refractivity contribution >= 4 is 28.4 Å². The third-order valence-electron chi connectivity index (χ3n) is 3.86. The Morgan fingerprint density at radius 3 is 2.59 bits per heavy atom. The van der Waals surface area contributed by atoms with E-state index >= 15 is 0 Å². The quantitative estimate of drug-likeness (QED) is 0.485. The molecule has 0 N–H and O–H groups in total. The molecular formula is C19H18F2N2O2S2. The molecule has 0 fully saturated rings. The Morgan fingerprint density at radius 1 is 1.11 bits per heavy atom. The van der Waals surface area contributed by atoms with E-state index in [1.165, 1.54) is 29.4 Å². The lowest BCUT2D eigenvalue weighted by Crippen LogP contribution is -2.15. The number of aryl methyl sites for hydroxylation is 1. The molecule has 142 valence electrons. The summed E-state index contributed by atoms with van der Waals surface area (Å²) in [7, 11) is 3.17. The van der Waals surface area contributed by atoms with Crippen LogP contribution in [0.5, 0.6) is 11.5 Å². The Bertz CT molecular complexity index is 920. The molecule has 2 aromatic carbocycles. The average Bonchev–Trinajstić information content (AvgIpc) is 3.20. The Labute approximate surface area is 164 Å². The topological polar surface area (TPSA) is 34.6 Å². The third kappa shape index (κ3) is 4.51. The lowest BCUT2D eigenvalue weighted by molar-refractivity contribution is 0.391. The summed E-state index contributed by atoms with van der Waals surface area (Å²) in [5.41, 5.74) is 1.28. The molecule has 1 heterocycles. The van der Waals surface area contributed by atoms with Crippen molar-refractivity contribution < 1.29 is 18.3 Å². The van der Waals surface area contributed by atoms with Crippen LogP contribution in [0, 0.1) is 18.6 Å². The van der Waals surface area contributed by atoms with Crippen LogP contribution < -0.4 is 13.8 Å². The summed E-state index contributed by atoms with van der Waals surface area (Å²) >= 11 is 2.61. The maximum atomic E-state index is 14.3. The van der Waals surface area contributed by atoms with Gasteiger partial charge in [0.25, 0.3) is 0 Å². The minimum atomic E-state index is -0.605. The second-order valence-electron chi connectivity index (χ2n) is 5.65. The number of halogens is 2. The van der Waals surface area contributed by atoms with Crippen LogP contribution in [0.15, 0.2) is 46.8 Å². The molecule has 0 bridgehead atoms. The van der Waals surface area contributed by atoms with Gasteiger partial charge in [-0.1, -0.05) is 0 Å². The van der Waals surface area contributed by atoms with Crippen molar-refractivity contribution in [2.75, 3.05) is 18.5 Å². The van der Waals surface area contributed by atoms with Crippen LogP contribution in [0.1, 0.15) is 11.1 Å². The van der Waals surface area contributed by atoms with Crippen molar-refractivity contribution in [2.45, 2.75) is 18.4 Å². The summed E-state index contributed by atoms with van der Waals surface area (Å²) in [4.78, 5) is 4.66. The van der Waals surface area contributed by atoms with Crippen LogP contribution in [-0.2, 0) is 6.54 Å². The Kier molecular flexibility index (Phi) is 6.18. The lowest BCUT2D eigenvalue weighted by atomic mass is 10.2. The highest BCUT2D eigenvalue weighted by atomic mass is 32.2. The van der Waals surface area contributed by atoms with Gasteiger partial charge in [-0.15, -0.1) is 11.3 Å². The predicted octanol–water partition coefficient (Wildman–Crippen LogP) is 5.46. The zero-order chi connectivity index (χ0) is 19.4. The van der Waals surface area contributed by atoms with Crippen LogP contribution >= 0.6 is 23.3 Å². The minimum Gasteiger partial charge on any atom is -0.497 e. The van der Waals surface area contributed by atoms with Gasteiger partial charge in [0.15, 0.2) is 5.13 Å². The van der Waals surface area contributed by atoms with Crippen molar-refractivity contribution in [3.05, 3.63) is 64.7 Å². The van der Waals surface area contributed by atoms with E-state index in [4.69, 9.17) is 9.47 Å². The van der Waals surface area contributed by atoms with Gasteiger partial charge in [0.05, 0.1) is 25.7 Å². The van der Waals surface area contributed by atoms with Gasteiger partial charge in [-0.3, -0.25) is 4.31 Å². The second kappa shape index (κ2) is 8.58. The van der Waals surface area contributed by atoms with Crippen LogP contribution in [0.25, 0.3) is 0 Å². The maximum absolute atomic E-state index is 14.3. The summed E-state index contributed by atoms with van der Waals surface area (Å²) in [6.07, 6.45) is 1.69. The molecule has 0 atom stereocenters. The molecule has 3 rings (SSSR count). The Hall–Kier alpha value is -2.32. The molecular weight excluding hydrogens is 390 g/mol. The minimum absolute atomic E-state index is 0.330. The molecule has 1 aromatic heterocycles. The molecule has 27 heavy (non-hydrogen) atoms. The standard InChI is InChI=1S/C19H18F2N2O2S2/c1-12-8-18(16(21)10-15(12)20)27-23(19-22-6-7-26-19)11-13-4-5-14(24-2)9-17(13)25-3/h4-10H,11H2,1-3H3. The summed E-state index contributed by atoms with van der Waals surface area (Å²) in [6, 6.07) is 7.94. The average molecular weight is 408 g/mol. The fourth-order valence-electron chi connectivity index (χ4n) is 2.43. The van der Waals surface area contributed by atoms with Crippen LogP contribution in [0.3, 0.4) is 0 Å². The highest BCUT2D eigenvalue weighted by Gasteiger charge is 2.18. The number of nitrogens with zero attached hydrogens (tertiary/aromatic N) is 2. The number of thiazole rings is 1. The molecule has 4 nitrogen and oxygen atoms in total. The number of aromatic nitrogens is 1. The van der Waals surface area contributed by atoms with E-state index in [9.17, 15) is 8.78 Å². The summed E-state index contributed by atoms with van der Waals surface area (Å²) in [5, 5.41) is 2.56. The van der Waals surface area contributed by atoms with Gasteiger partial charge in [0.2, 0.25) is 0 Å². The van der Waals surface area contributed by atoms with E-state index in [2.05, 4.69) is 4.98 Å². The number of hydrogen-bond acceptors (Lipinski definition) is 6. The van der Waals surface area contributed by atoms with Gasteiger partial charge in [0.1, 0.15) is 23.1 Å². The molecule has 0 aliphatic heterocycles. The largest absolute Gasteiger partial charge is 0.497 e. The first-order valence-corrected chi connectivity index (χ1v) is 9.68. The van der Waals surface area contributed by atoms with E-state index in [-0.39, 0.29) is 0 Å². The predicted molar refractivity (Wildman–Crippen MR) is 105 cm³/mol. The zero-order valence-electron chi connectivity index (χ0n) is 15.0. The second-order valence-corrected chi connectivity index (χ2v) is 7.59. The monoisotopic (exact) mass is 408 g/mol. The van der Waals surface area contributed by atoms with Crippen LogP contribution in [-0.4, -0.2) is 19.2 Å². The number of hydrogen-bond donors (Lipinski definition) is 0. The van der Waals surface area contributed by atoms with Gasteiger partial charge in [-0.05, 0) is 42.6 Å². The molecule has 0 saturated carbocycles. The molecule has 0 unspecified atom stereocenters. The van der Waals surface area contributed by atoms with Gasteiger partial charge in [0, 0.05) is 29.3 Å². The SMILES string of the molecule is COc1ccc(CN(Sc2cc(C)c(F)cc2F)c2nccs2)c(OC)c1. The number of anilines is 1. The van der Waals surface area contributed by atoms with Gasteiger partial charge < -0.3 is 9.47 Å². The summed E-state index contributed by atoms with van der Waals surface area (Å²) < 4.78 is 40.4. The van der Waals surface area contributed by atoms with Crippen molar-refractivity contribution in [1.29, 1.82) is 0 Å². The summed E-state index contributed by atoms with van der Waals surface area (Å²) in [6.45, 7) is 2.03. The first-order valence-electron chi connectivity index (χ1n) is 8.03. The third-order valence-corrected chi connectivity index (χ3v) is 5.80. The van der Waals surface area contributed by atoms with Crippen molar-refractivity contribution in [1.82, 2.24) is 4.98 Å². The molecule has 0 spiro atoms. The number of rotatable bonds is 7.